The summed E-state index contributed by atoms with van der Waals surface area (Å²) < 4.78 is 1.60. The lowest BCUT2D eigenvalue weighted by Gasteiger charge is -2.16. The van der Waals surface area contributed by atoms with Gasteiger partial charge in [-0.15, -0.1) is 0 Å². The van der Waals surface area contributed by atoms with Crippen molar-refractivity contribution in [3.05, 3.63) is 42.5 Å². The molecule has 2 rings (SSSR count). The number of carbonyl (C=O) groups is 2. The normalized spacial score (nSPS) is 12.1. The number of nitrogens with zero attached hydrogens (tertiary/aromatic N) is 3. The maximum absolute atomic E-state index is 12.2. The van der Waals surface area contributed by atoms with Crippen molar-refractivity contribution in [1.29, 1.82) is 0 Å². The van der Waals surface area contributed by atoms with E-state index in [0.29, 0.717) is 12.1 Å². The Morgan fingerprint density at radius 1 is 1.36 bits per heavy atom. The average molecular weight is 302 g/mol. The molecule has 1 atom stereocenters. The number of carboxylic acids is 1. The van der Waals surface area contributed by atoms with Gasteiger partial charge in [0.2, 0.25) is 0 Å². The molecule has 0 spiro atoms. The molecule has 116 valence electrons. The fraction of sp³-hybridized carbons (Fsp3) is 0.333. The molecule has 7 heteroatoms. The highest BCUT2D eigenvalue weighted by Crippen LogP contribution is 2.09. The Hall–Kier alpha value is -2.70. The zero-order chi connectivity index (χ0) is 16.1. The first-order valence-corrected chi connectivity index (χ1v) is 6.97. The molecule has 0 fully saturated rings. The Kier molecular flexibility index (Phi) is 4.88. The lowest BCUT2D eigenvalue weighted by Crippen LogP contribution is -2.41. The van der Waals surface area contributed by atoms with Crippen molar-refractivity contribution >= 4 is 11.9 Å². The van der Waals surface area contributed by atoms with Crippen LogP contribution in [0.5, 0.6) is 0 Å². The lowest BCUT2D eigenvalue weighted by atomic mass is 10.0. The van der Waals surface area contributed by atoms with Crippen molar-refractivity contribution in [2.75, 3.05) is 0 Å². The van der Waals surface area contributed by atoms with Crippen LogP contribution in [0.4, 0.5) is 0 Å². The van der Waals surface area contributed by atoms with Gasteiger partial charge >= 0.3 is 5.97 Å². The first kappa shape index (κ1) is 15.7. The Labute approximate surface area is 128 Å². The summed E-state index contributed by atoms with van der Waals surface area (Å²) in [5.41, 5.74) is 0.837. The molecule has 22 heavy (non-hydrogen) atoms. The van der Waals surface area contributed by atoms with Gasteiger partial charge in [0, 0.05) is 18.6 Å². The summed E-state index contributed by atoms with van der Waals surface area (Å²) in [6, 6.07) is 4.12. The number of aliphatic carboxylic acids is 1. The summed E-state index contributed by atoms with van der Waals surface area (Å²) in [7, 11) is 0. The Balaban J connectivity index is 2.15. The van der Waals surface area contributed by atoms with E-state index in [4.69, 9.17) is 0 Å². The second kappa shape index (κ2) is 6.84. The number of hydrogen-bond donors (Lipinski definition) is 2. The topological polar surface area (TPSA) is 97.1 Å². The van der Waals surface area contributed by atoms with Crippen molar-refractivity contribution in [3.8, 4) is 5.69 Å². The number of nitrogens with one attached hydrogen (secondary N) is 1. The second-order valence-corrected chi connectivity index (χ2v) is 5.34. The molecule has 0 saturated carbocycles. The lowest BCUT2D eigenvalue weighted by molar-refractivity contribution is -0.139. The first-order chi connectivity index (χ1) is 10.5. The van der Waals surface area contributed by atoms with Gasteiger partial charge in [0.1, 0.15) is 11.7 Å². The zero-order valence-corrected chi connectivity index (χ0v) is 12.4. The van der Waals surface area contributed by atoms with Gasteiger partial charge in [0.25, 0.3) is 5.91 Å². The van der Waals surface area contributed by atoms with E-state index >= 15 is 0 Å². The number of rotatable bonds is 6. The largest absolute Gasteiger partial charge is 0.480 e. The molecule has 1 amide bonds. The van der Waals surface area contributed by atoms with Gasteiger partial charge in [-0.3, -0.25) is 9.78 Å². The fourth-order valence-corrected chi connectivity index (χ4v) is 2.03. The van der Waals surface area contributed by atoms with Crippen molar-refractivity contribution in [2.45, 2.75) is 26.3 Å². The Morgan fingerprint density at radius 2 is 2.14 bits per heavy atom. The van der Waals surface area contributed by atoms with Gasteiger partial charge in [-0.1, -0.05) is 13.8 Å². The van der Waals surface area contributed by atoms with Crippen LogP contribution in [0.3, 0.4) is 0 Å². The molecule has 0 aliphatic rings. The number of pyridine rings is 1. The van der Waals surface area contributed by atoms with Crippen LogP contribution in [0.15, 0.2) is 36.8 Å². The summed E-state index contributed by atoms with van der Waals surface area (Å²) >= 11 is 0. The predicted molar refractivity (Wildman–Crippen MR) is 79.7 cm³/mol. The number of amides is 1. The van der Waals surface area contributed by atoms with E-state index in [1.807, 2.05) is 13.8 Å². The minimum atomic E-state index is -1.05. The minimum absolute atomic E-state index is 0.156. The third kappa shape index (κ3) is 3.91. The molecule has 2 N–H and O–H groups in total. The van der Waals surface area contributed by atoms with Gasteiger partial charge < -0.3 is 10.4 Å². The first-order valence-electron chi connectivity index (χ1n) is 6.97. The molecule has 0 saturated heterocycles. The molecule has 2 aromatic rings. The van der Waals surface area contributed by atoms with Crippen LogP contribution < -0.4 is 5.32 Å². The van der Waals surface area contributed by atoms with Gasteiger partial charge in [-0.25, -0.2) is 9.48 Å². The molecule has 0 aromatic carbocycles. The van der Waals surface area contributed by atoms with Crippen molar-refractivity contribution in [3.63, 3.8) is 0 Å². The molecule has 0 radical (unpaired) electrons. The van der Waals surface area contributed by atoms with E-state index in [1.165, 1.54) is 6.20 Å². The van der Waals surface area contributed by atoms with Crippen LogP contribution in [0.2, 0.25) is 0 Å². The summed E-state index contributed by atoms with van der Waals surface area (Å²) in [5, 5.41) is 15.8. The van der Waals surface area contributed by atoms with E-state index in [0.717, 1.165) is 0 Å². The van der Waals surface area contributed by atoms with Crippen LogP contribution in [0.25, 0.3) is 5.69 Å². The fourth-order valence-electron chi connectivity index (χ4n) is 2.03. The van der Waals surface area contributed by atoms with E-state index in [9.17, 15) is 14.7 Å². The molecule has 0 aliphatic heterocycles. The van der Waals surface area contributed by atoms with Gasteiger partial charge in [0.05, 0.1) is 5.69 Å². The Bertz CT molecular complexity index is 653. The number of hydrogen-bond acceptors (Lipinski definition) is 4. The summed E-state index contributed by atoms with van der Waals surface area (Å²) in [6.45, 7) is 3.80. The Morgan fingerprint density at radius 3 is 2.73 bits per heavy atom. The summed E-state index contributed by atoms with van der Waals surface area (Å²) in [5.74, 6) is -1.41. The summed E-state index contributed by atoms with van der Waals surface area (Å²) in [4.78, 5) is 27.4. The molecule has 0 bridgehead atoms. The van der Waals surface area contributed by atoms with Crippen LogP contribution in [0.1, 0.15) is 30.8 Å². The third-order valence-corrected chi connectivity index (χ3v) is 3.06. The smallest absolute Gasteiger partial charge is 0.326 e. The van der Waals surface area contributed by atoms with E-state index in [-0.39, 0.29) is 11.6 Å². The standard InChI is InChI=1S/C15H18N4O3/c1-10(2)8-13(15(21)22)18-14(20)12-9-11(4-6-16-12)19-7-3-5-17-19/h3-7,9-10,13H,8H2,1-2H3,(H,18,20)(H,21,22). The van der Waals surface area contributed by atoms with Crippen LogP contribution in [0, 0.1) is 5.92 Å². The highest BCUT2D eigenvalue weighted by atomic mass is 16.4. The van der Waals surface area contributed by atoms with E-state index in [1.54, 1.807) is 35.3 Å². The van der Waals surface area contributed by atoms with Crippen LogP contribution >= 0.6 is 0 Å². The van der Waals surface area contributed by atoms with Gasteiger partial charge in [0.15, 0.2) is 0 Å². The molecular formula is C15H18N4O3. The molecular weight excluding hydrogens is 284 g/mol. The number of aromatic nitrogens is 3. The summed E-state index contributed by atoms with van der Waals surface area (Å²) in [6.07, 6.45) is 5.23. The minimum Gasteiger partial charge on any atom is -0.480 e. The van der Waals surface area contributed by atoms with Gasteiger partial charge in [-0.05, 0) is 30.5 Å². The predicted octanol–water partition coefficient (Wildman–Crippen LogP) is 1.50. The average Bonchev–Trinajstić information content (AvgIpc) is 3.00. The van der Waals surface area contributed by atoms with Gasteiger partial charge in [-0.2, -0.15) is 5.10 Å². The van der Waals surface area contributed by atoms with Crippen molar-refractivity contribution < 1.29 is 14.7 Å². The SMILES string of the molecule is CC(C)CC(NC(=O)c1cc(-n2cccn2)ccn1)C(=O)O. The second-order valence-electron chi connectivity index (χ2n) is 5.34. The molecule has 0 aliphatic carbocycles. The van der Waals surface area contributed by atoms with Crippen LogP contribution in [-0.2, 0) is 4.79 Å². The molecule has 1 unspecified atom stereocenters. The molecule has 2 aromatic heterocycles. The number of carboxylic acid groups (broad SMARTS) is 1. The maximum atomic E-state index is 12.2. The molecule has 7 nitrogen and oxygen atoms in total. The quantitative estimate of drug-likeness (QED) is 0.842. The van der Waals surface area contributed by atoms with E-state index in [2.05, 4.69) is 15.4 Å². The van der Waals surface area contributed by atoms with Crippen LogP contribution in [-0.4, -0.2) is 37.8 Å². The number of carbonyl (C=O) groups excluding carboxylic acids is 1. The highest BCUT2D eigenvalue weighted by molar-refractivity contribution is 5.95. The maximum Gasteiger partial charge on any atom is 0.326 e. The third-order valence-electron chi connectivity index (χ3n) is 3.06. The highest BCUT2D eigenvalue weighted by Gasteiger charge is 2.22. The molecule has 2 heterocycles. The monoisotopic (exact) mass is 302 g/mol. The van der Waals surface area contributed by atoms with Crippen molar-refractivity contribution in [1.82, 2.24) is 20.1 Å². The zero-order valence-electron chi connectivity index (χ0n) is 12.4. The van der Waals surface area contributed by atoms with Crippen molar-refractivity contribution in [2.24, 2.45) is 5.92 Å². The van der Waals surface area contributed by atoms with E-state index < -0.39 is 17.9 Å².